The van der Waals surface area contributed by atoms with Gasteiger partial charge in [-0.05, 0) is 44.0 Å². The Bertz CT molecular complexity index is 343. The number of carbonyl (C=O) groups is 1. The van der Waals surface area contributed by atoms with Crippen LogP contribution in [0.1, 0.15) is 18.6 Å². The van der Waals surface area contributed by atoms with Crippen LogP contribution in [0.25, 0.3) is 0 Å². The lowest BCUT2D eigenvalue weighted by atomic mass is 9.97. The smallest absolute Gasteiger partial charge is 0.404 e. The van der Waals surface area contributed by atoms with E-state index in [1.54, 1.807) is 6.26 Å². The second-order valence-corrected chi connectivity index (χ2v) is 4.48. The van der Waals surface area contributed by atoms with Gasteiger partial charge in [0.15, 0.2) is 0 Å². The van der Waals surface area contributed by atoms with Gasteiger partial charge in [0.05, 0.1) is 12.8 Å². The fraction of sp³-hybridized carbons (Fsp3) is 0.583. The topological polar surface area (TPSA) is 65.7 Å². The summed E-state index contributed by atoms with van der Waals surface area (Å²) >= 11 is 0. The Hall–Kier alpha value is -1.49. The molecule has 1 aromatic rings. The molecule has 0 unspecified atom stereocenters. The molecule has 0 spiro atoms. The zero-order valence-electron chi connectivity index (χ0n) is 9.76. The van der Waals surface area contributed by atoms with Crippen molar-refractivity contribution in [3.63, 3.8) is 0 Å². The molecule has 0 saturated carbocycles. The van der Waals surface area contributed by atoms with Gasteiger partial charge in [-0.15, -0.1) is 0 Å². The number of carboxylic acid groups (broad SMARTS) is 1. The summed E-state index contributed by atoms with van der Waals surface area (Å²) in [5, 5.41) is 11.0. The average Bonchev–Trinajstić information content (AvgIpc) is 2.81. The number of nitrogens with one attached hydrogen (secondary N) is 1. The molecular formula is C12H18N2O3. The summed E-state index contributed by atoms with van der Waals surface area (Å²) in [4.78, 5) is 12.7. The van der Waals surface area contributed by atoms with Gasteiger partial charge in [0.25, 0.3) is 0 Å². The molecule has 1 aliphatic heterocycles. The third-order valence-corrected chi connectivity index (χ3v) is 3.21. The minimum Gasteiger partial charge on any atom is -0.468 e. The van der Waals surface area contributed by atoms with Gasteiger partial charge in [-0.25, -0.2) is 4.79 Å². The molecule has 0 aromatic carbocycles. The molecular weight excluding hydrogens is 220 g/mol. The van der Waals surface area contributed by atoms with E-state index in [1.165, 1.54) is 0 Å². The summed E-state index contributed by atoms with van der Waals surface area (Å²) in [6.45, 7) is 3.44. The molecule has 5 nitrogen and oxygen atoms in total. The summed E-state index contributed by atoms with van der Waals surface area (Å²) in [6, 6.07) is 3.89. The first kappa shape index (κ1) is 12.0. The van der Waals surface area contributed by atoms with Gasteiger partial charge < -0.3 is 14.8 Å². The molecule has 1 aromatic heterocycles. The van der Waals surface area contributed by atoms with E-state index >= 15 is 0 Å². The summed E-state index contributed by atoms with van der Waals surface area (Å²) < 4.78 is 5.31. The number of furan rings is 1. The number of nitrogens with zero attached hydrogens (tertiary/aromatic N) is 1. The van der Waals surface area contributed by atoms with Crippen molar-refractivity contribution in [2.45, 2.75) is 19.4 Å². The zero-order chi connectivity index (χ0) is 12.1. The molecule has 0 bridgehead atoms. The van der Waals surface area contributed by atoms with Crippen LogP contribution in [-0.4, -0.2) is 35.7 Å². The van der Waals surface area contributed by atoms with Crippen LogP contribution in [0.3, 0.4) is 0 Å². The Labute approximate surface area is 100 Å². The van der Waals surface area contributed by atoms with Crippen LogP contribution in [0.15, 0.2) is 22.8 Å². The average molecular weight is 238 g/mol. The summed E-state index contributed by atoms with van der Waals surface area (Å²) in [6.07, 6.45) is 2.85. The summed E-state index contributed by atoms with van der Waals surface area (Å²) in [5.74, 6) is 1.46. The predicted molar refractivity (Wildman–Crippen MR) is 62.7 cm³/mol. The minimum absolute atomic E-state index is 0.471. The van der Waals surface area contributed by atoms with Crippen LogP contribution in [0.5, 0.6) is 0 Å². The SMILES string of the molecule is O=C(O)NCC1CCN(Cc2ccco2)CC1. The van der Waals surface area contributed by atoms with Gasteiger partial charge in [0.2, 0.25) is 0 Å². The third kappa shape index (κ3) is 3.78. The van der Waals surface area contributed by atoms with Crippen molar-refractivity contribution in [3.05, 3.63) is 24.2 Å². The zero-order valence-corrected chi connectivity index (χ0v) is 9.76. The monoisotopic (exact) mass is 238 g/mol. The van der Waals surface area contributed by atoms with Crippen LogP contribution in [0.4, 0.5) is 4.79 Å². The van der Waals surface area contributed by atoms with E-state index < -0.39 is 6.09 Å². The normalized spacial score (nSPS) is 18.1. The van der Waals surface area contributed by atoms with Gasteiger partial charge in [-0.1, -0.05) is 0 Å². The maximum absolute atomic E-state index is 10.4. The van der Waals surface area contributed by atoms with Crippen LogP contribution < -0.4 is 5.32 Å². The fourth-order valence-electron chi connectivity index (χ4n) is 2.20. The quantitative estimate of drug-likeness (QED) is 0.838. The van der Waals surface area contributed by atoms with E-state index in [2.05, 4.69) is 10.2 Å². The lowest BCUT2D eigenvalue weighted by molar-refractivity contribution is 0.159. The van der Waals surface area contributed by atoms with E-state index in [0.717, 1.165) is 38.2 Å². The lowest BCUT2D eigenvalue weighted by Gasteiger charge is -2.31. The summed E-state index contributed by atoms with van der Waals surface area (Å²) in [5.41, 5.74) is 0. The molecule has 0 atom stereocenters. The van der Waals surface area contributed by atoms with E-state index in [4.69, 9.17) is 9.52 Å². The number of amides is 1. The second kappa shape index (κ2) is 5.72. The third-order valence-electron chi connectivity index (χ3n) is 3.21. The standard InChI is InChI=1S/C12H18N2O3/c15-12(16)13-8-10-3-5-14(6-4-10)9-11-2-1-7-17-11/h1-2,7,10,13H,3-6,8-9H2,(H,15,16). The molecule has 2 heterocycles. The number of rotatable bonds is 4. The number of hydrogen-bond acceptors (Lipinski definition) is 3. The molecule has 0 aliphatic carbocycles. The highest BCUT2D eigenvalue weighted by molar-refractivity contribution is 5.64. The Kier molecular flexibility index (Phi) is 4.03. The van der Waals surface area contributed by atoms with Gasteiger partial charge in [-0.3, -0.25) is 4.90 Å². The number of piperidine rings is 1. The summed E-state index contributed by atoms with van der Waals surface area (Å²) in [7, 11) is 0. The molecule has 2 N–H and O–H groups in total. The van der Waals surface area contributed by atoms with Crippen molar-refractivity contribution in [1.82, 2.24) is 10.2 Å². The number of hydrogen-bond donors (Lipinski definition) is 2. The highest BCUT2D eigenvalue weighted by Crippen LogP contribution is 2.18. The van der Waals surface area contributed by atoms with E-state index in [0.29, 0.717) is 12.5 Å². The van der Waals surface area contributed by atoms with Crippen molar-refractivity contribution in [2.24, 2.45) is 5.92 Å². The van der Waals surface area contributed by atoms with Crippen LogP contribution in [0.2, 0.25) is 0 Å². The molecule has 2 rings (SSSR count). The number of likely N-dealkylation sites (tertiary alicyclic amines) is 1. The molecule has 5 heteroatoms. The van der Waals surface area contributed by atoms with Gasteiger partial charge in [0, 0.05) is 6.54 Å². The second-order valence-electron chi connectivity index (χ2n) is 4.48. The van der Waals surface area contributed by atoms with Crippen molar-refractivity contribution in [1.29, 1.82) is 0 Å². The molecule has 0 radical (unpaired) electrons. The van der Waals surface area contributed by atoms with Crippen molar-refractivity contribution in [3.8, 4) is 0 Å². The molecule has 1 fully saturated rings. The first-order valence-electron chi connectivity index (χ1n) is 5.95. The van der Waals surface area contributed by atoms with E-state index in [1.807, 2.05) is 12.1 Å². The lowest BCUT2D eigenvalue weighted by Crippen LogP contribution is -2.37. The Morgan fingerprint density at radius 1 is 1.53 bits per heavy atom. The maximum Gasteiger partial charge on any atom is 0.404 e. The molecule has 1 saturated heterocycles. The van der Waals surface area contributed by atoms with E-state index in [-0.39, 0.29) is 0 Å². The Morgan fingerprint density at radius 3 is 2.88 bits per heavy atom. The van der Waals surface area contributed by atoms with Crippen molar-refractivity contribution in [2.75, 3.05) is 19.6 Å². The van der Waals surface area contributed by atoms with Crippen LogP contribution >= 0.6 is 0 Å². The molecule has 17 heavy (non-hydrogen) atoms. The Balaban J connectivity index is 1.69. The van der Waals surface area contributed by atoms with Crippen molar-refractivity contribution >= 4 is 6.09 Å². The predicted octanol–water partition coefficient (Wildman–Crippen LogP) is 1.76. The molecule has 1 aliphatic rings. The van der Waals surface area contributed by atoms with Gasteiger partial charge in [0.1, 0.15) is 5.76 Å². The fourth-order valence-corrected chi connectivity index (χ4v) is 2.20. The largest absolute Gasteiger partial charge is 0.468 e. The maximum atomic E-state index is 10.4. The van der Waals surface area contributed by atoms with E-state index in [9.17, 15) is 4.79 Å². The van der Waals surface area contributed by atoms with Crippen molar-refractivity contribution < 1.29 is 14.3 Å². The van der Waals surface area contributed by atoms with Crippen LogP contribution in [0, 0.1) is 5.92 Å². The highest BCUT2D eigenvalue weighted by atomic mass is 16.4. The molecule has 1 amide bonds. The van der Waals surface area contributed by atoms with Gasteiger partial charge in [-0.2, -0.15) is 0 Å². The first-order valence-corrected chi connectivity index (χ1v) is 5.95. The first-order chi connectivity index (χ1) is 8.24. The van der Waals surface area contributed by atoms with Gasteiger partial charge >= 0.3 is 6.09 Å². The Morgan fingerprint density at radius 2 is 2.29 bits per heavy atom. The minimum atomic E-state index is -0.928. The van der Waals surface area contributed by atoms with Crippen LogP contribution in [-0.2, 0) is 6.54 Å². The molecule has 94 valence electrons. The highest BCUT2D eigenvalue weighted by Gasteiger charge is 2.20.